The van der Waals surface area contributed by atoms with E-state index < -0.39 is 29.6 Å². The van der Waals surface area contributed by atoms with E-state index in [0.29, 0.717) is 15.1 Å². The maximum absolute atomic E-state index is 13.5. The molecule has 0 aromatic heterocycles. The van der Waals surface area contributed by atoms with Crippen molar-refractivity contribution in [3.63, 3.8) is 0 Å². The van der Waals surface area contributed by atoms with E-state index in [4.69, 9.17) is 45.6 Å². The first kappa shape index (κ1) is 26.9. The Labute approximate surface area is 225 Å². The quantitative estimate of drug-likeness (QED) is 0.291. The highest BCUT2D eigenvalue weighted by molar-refractivity contribution is 6.31. The minimum atomic E-state index is -1.09. The summed E-state index contributed by atoms with van der Waals surface area (Å²) in [7, 11) is 0. The lowest BCUT2D eigenvalue weighted by atomic mass is 9.70. The zero-order chi connectivity index (χ0) is 25.9. The Morgan fingerprint density at radius 1 is 0.972 bits per heavy atom. The molecule has 0 aliphatic carbocycles. The van der Waals surface area contributed by atoms with Crippen molar-refractivity contribution in [2.75, 3.05) is 13.2 Å². The molecule has 1 aliphatic heterocycles. The number of carbonyl (C=O) groups is 1. The SMILES string of the molecule is NC1(c2ccc(Cl)cc2)C(c2cccc(Cl)c2)NC(C(=O)NCCC(O)CO)C1c1cccc(Cl)c1. The van der Waals surface area contributed by atoms with Crippen LogP contribution in [0.3, 0.4) is 0 Å². The third kappa shape index (κ3) is 5.55. The topological polar surface area (TPSA) is 108 Å². The second-order valence-corrected chi connectivity index (χ2v) is 10.3. The smallest absolute Gasteiger partial charge is 0.237 e. The second kappa shape index (κ2) is 11.5. The van der Waals surface area contributed by atoms with Crippen LogP contribution in [0.5, 0.6) is 0 Å². The predicted octanol–water partition coefficient (Wildman–Crippen LogP) is 4.16. The molecule has 0 saturated carbocycles. The van der Waals surface area contributed by atoms with E-state index in [2.05, 4.69) is 10.6 Å². The van der Waals surface area contributed by atoms with Gasteiger partial charge in [-0.15, -0.1) is 0 Å². The molecule has 1 fully saturated rings. The first-order valence-electron chi connectivity index (χ1n) is 11.6. The van der Waals surface area contributed by atoms with Gasteiger partial charge < -0.3 is 21.3 Å². The van der Waals surface area contributed by atoms with Crippen LogP contribution in [0, 0.1) is 0 Å². The number of aliphatic hydroxyl groups is 2. The molecule has 3 aromatic rings. The molecule has 3 aromatic carbocycles. The van der Waals surface area contributed by atoms with Gasteiger partial charge in [0.05, 0.1) is 30.3 Å². The number of rotatable bonds is 8. The molecule has 6 nitrogen and oxygen atoms in total. The highest BCUT2D eigenvalue weighted by Gasteiger charge is 2.56. The van der Waals surface area contributed by atoms with Crippen LogP contribution < -0.4 is 16.4 Å². The first-order chi connectivity index (χ1) is 17.2. The third-order valence-electron chi connectivity index (χ3n) is 6.68. The van der Waals surface area contributed by atoms with E-state index in [1.807, 2.05) is 48.5 Å². The van der Waals surface area contributed by atoms with Crippen LogP contribution in [-0.4, -0.2) is 41.4 Å². The Bertz CT molecular complexity index is 1210. The van der Waals surface area contributed by atoms with E-state index in [-0.39, 0.29) is 25.5 Å². The van der Waals surface area contributed by atoms with E-state index in [9.17, 15) is 9.90 Å². The molecule has 6 N–H and O–H groups in total. The summed E-state index contributed by atoms with van der Waals surface area (Å²) >= 11 is 18.9. The molecular weight excluding hydrogens is 521 g/mol. The standard InChI is InChI=1S/C27H28Cl3N3O3/c28-19-9-7-18(8-10-19)27(31)23(16-3-1-5-20(29)13-16)24(26(36)32-12-11-22(35)15-34)33-25(27)17-4-2-6-21(30)14-17/h1-10,13-14,22-25,33-35H,11-12,15,31H2,(H,32,36). The fourth-order valence-electron chi connectivity index (χ4n) is 4.97. The van der Waals surface area contributed by atoms with Crippen molar-refractivity contribution >= 4 is 40.7 Å². The fourth-order valence-corrected chi connectivity index (χ4v) is 5.49. The molecule has 4 rings (SSSR count). The van der Waals surface area contributed by atoms with Gasteiger partial charge in [0.25, 0.3) is 0 Å². The number of nitrogens with one attached hydrogen (secondary N) is 2. The molecule has 190 valence electrons. The van der Waals surface area contributed by atoms with Gasteiger partial charge in [-0.3, -0.25) is 10.1 Å². The average molecular weight is 549 g/mol. The zero-order valence-corrected chi connectivity index (χ0v) is 21.6. The van der Waals surface area contributed by atoms with Gasteiger partial charge in [0, 0.05) is 27.5 Å². The van der Waals surface area contributed by atoms with Crippen molar-refractivity contribution in [1.82, 2.24) is 10.6 Å². The first-order valence-corrected chi connectivity index (χ1v) is 12.8. The van der Waals surface area contributed by atoms with Gasteiger partial charge >= 0.3 is 0 Å². The average Bonchev–Trinajstić information content (AvgIpc) is 3.18. The van der Waals surface area contributed by atoms with Crippen molar-refractivity contribution in [1.29, 1.82) is 0 Å². The molecule has 1 amide bonds. The molecule has 5 atom stereocenters. The number of carbonyl (C=O) groups excluding carboxylic acids is 1. The molecule has 5 unspecified atom stereocenters. The van der Waals surface area contributed by atoms with Gasteiger partial charge in [-0.2, -0.15) is 0 Å². The van der Waals surface area contributed by atoms with Gasteiger partial charge in [-0.05, 0) is 59.5 Å². The maximum atomic E-state index is 13.5. The lowest BCUT2D eigenvalue weighted by Crippen LogP contribution is -2.48. The normalized spacial score (nSPS) is 24.4. The summed E-state index contributed by atoms with van der Waals surface area (Å²) in [6.45, 7) is -0.177. The fraction of sp³-hybridized carbons (Fsp3) is 0.296. The number of amides is 1. The monoisotopic (exact) mass is 547 g/mol. The number of nitrogens with two attached hydrogens (primary N) is 1. The van der Waals surface area contributed by atoms with Crippen molar-refractivity contribution in [2.24, 2.45) is 5.73 Å². The summed E-state index contributed by atoms with van der Waals surface area (Å²) in [5.74, 6) is -0.803. The predicted molar refractivity (Wildman–Crippen MR) is 143 cm³/mol. The Morgan fingerprint density at radius 2 is 1.58 bits per heavy atom. The van der Waals surface area contributed by atoms with Crippen molar-refractivity contribution < 1.29 is 15.0 Å². The van der Waals surface area contributed by atoms with Crippen LogP contribution in [0.2, 0.25) is 15.1 Å². The molecule has 1 heterocycles. The summed E-state index contributed by atoms with van der Waals surface area (Å²) in [5.41, 5.74) is 8.70. The van der Waals surface area contributed by atoms with Crippen LogP contribution in [0.15, 0.2) is 72.8 Å². The molecule has 1 aliphatic rings. The summed E-state index contributed by atoms with van der Waals surface area (Å²) in [6, 6.07) is 20.8. The van der Waals surface area contributed by atoms with Crippen molar-refractivity contribution in [3.8, 4) is 0 Å². The van der Waals surface area contributed by atoms with Crippen molar-refractivity contribution in [3.05, 3.63) is 105 Å². The Morgan fingerprint density at radius 3 is 2.19 bits per heavy atom. The Hall–Kier alpha value is -2.16. The van der Waals surface area contributed by atoms with Gasteiger partial charge in [-0.25, -0.2) is 0 Å². The summed E-state index contributed by atoms with van der Waals surface area (Å²) < 4.78 is 0. The second-order valence-electron chi connectivity index (χ2n) is 9.02. The van der Waals surface area contributed by atoms with Gasteiger partial charge in [0.1, 0.15) is 0 Å². The molecule has 36 heavy (non-hydrogen) atoms. The highest BCUT2D eigenvalue weighted by Crippen LogP contribution is 2.51. The number of hydrogen-bond donors (Lipinski definition) is 5. The van der Waals surface area contributed by atoms with Gasteiger partial charge in [0.15, 0.2) is 0 Å². The van der Waals surface area contributed by atoms with E-state index in [1.165, 1.54) is 0 Å². The third-order valence-corrected chi connectivity index (χ3v) is 7.40. The zero-order valence-electron chi connectivity index (χ0n) is 19.4. The number of halogens is 3. The van der Waals surface area contributed by atoms with Crippen molar-refractivity contribution in [2.45, 2.75) is 36.1 Å². The number of hydrogen-bond acceptors (Lipinski definition) is 5. The Kier molecular flexibility index (Phi) is 8.58. The molecule has 1 saturated heterocycles. The molecule has 0 bridgehead atoms. The summed E-state index contributed by atoms with van der Waals surface area (Å²) in [6.07, 6.45) is -0.688. The van der Waals surface area contributed by atoms with Gasteiger partial charge in [-0.1, -0.05) is 71.2 Å². The van der Waals surface area contributed by atoms with Crippen LogP contribution in [-0.2, 0) is 10.3 Å². The highest BCUT2D eigenvalue weighted by atomic mass is 35.5. The minimum absolute atomic E-state index is 0.196. The lowest BCUT2D eigenvalue weighted by molar-refractivity contribution is -0.123. The summed E-state index contributed by atoms with van der Waals surface area (Å²) in [5, 5.41) is 26.8. The van der Waals surface area contributed by atoms with Crippen LogP contribution >= 0.6 is 34.8 Å². The largest absolute Gasteiger partial charge is 0.394 e. The van der Waals surface area contributed by atoms with E-state index >= 15 is 0 Å². The minimum Gasteiger partial charge on any atom is -0.394 e. The van der Waals surface area contributed by atoms with Crippen LogP contribution in [0.1, 0.15) is 35.1 Å². The van der Waals surface area contributed by atoms with E-state index in [0.717, 1.165) is 16.7 Å². The number of benzene rings is 3. The van der Waals surface area contributed by atoms with Crippen LogP contribution in [0.4, 0.5) is 0 Å². The lowest BCUT2D eigenvalue weighted by Gasteiger charge is -2.38. The Balaban J connectivity index is 1.83. The molecule has 0 spiro atoms. The summed E-state index contributed by atoms with van der Waals surface area (Å²) in [4.78, 5) is 13.5. The van der Waals surface area contributed by atoms with Crippen LogP contribution in [0.25, 0.3) is 0 Å². The molecular formula is C27H28Cl3N3O3. The van der Waals surface area contributed by atoms with E-state index in [1.54, 1.807) is 24.3 Å². The van der Waals surface area contributed by atoms with Gasteiger partial charge in [0.2, 0.25) is 5.91 Å². The number of aliphatic hydroxyl groups excluding tert-OH is 2. The molecule has 0 radical (unpaired) electrons. The maximum Gasteiger partial charge on any atom is 0.237 e. The molecule has 9 heteroatoms.